The predicted molar refractivity (Wildman–Crippen MR) is 110 cm³/mol. The first-order valence-corrected chi connectivity index (χ1v) is 9.19. The van der Waals surface area contributed by atoms with Crippen molar-refractivity contribution < 1.29 is 14.3 Å². The molecule has 0 spiro atoms. The zero-order valence-corrected chi connectivity index (χ0v) is 16.6. The van der Waals surface area contributed by atoms with Crippen molar-refractivity contribution in [3.63, 3.8) is 0 Å². The maximum absolute atomic E-state index is 12.1. The van der Waals surface area contributed by atoms with Gasteiger partial charge in [0, 0.05) is 0 Å². The smallest absolute Gasteiger partial charge is 0.167 e. The van der Waals surface area contributed by atoms with Gasteiger partial charge in [0.05, 0.1) is 12.4 Å². The minimum atomic E-state index is -0.149. The van der Waals surface area contributed by atoms with E-state index >= 15 is 0 Å². The van der Waals surface area contributed by atoms with Crippen molar-refractivity contribution in [2.75, 3.05) is 0 Å². The Labute approximate surface area is 161 Å². The van der Waals surface area contributed by atoms with Crippen LogP contribution in [0.4, 0.5) is 0 Å². The normalized spacial score (nSPS) is 9.07. The Morgan fingerprint density at radius 2 is 1.07 bits per heavy atom. The summed E-state index contributed by atoms with van der Waals surface area (Å²) in [7, 11) is 0. The first kappa shape index (κ1) is 21.9. The number of aromatic nitrogens is 1. The number of carbonyl (C=O) groups is 1. The van der Waals surface area contributed by atoms with Crippen LogP contribution in [0.1, 0.15) is 45.0 Å². The van der Waals surface area contributed by atoms with Gasteiger partial charge >= 0.3 is 0 Å². The fourth-order valence-electron chi connectivity index (χ4n) is 2.16. The maximum Gasteiger partial charge on any atom is 0.167 e. The second-order valence-corrected chi connectivity index (χ2v) is 4.90. The zero-order valence-electron chi connectivity index (χ0n) is 16.6. The van der Waals surface area contributed by atoms with E-state index in [-0.39, 0.29) is 5.78 Å². The molecule has 4 heteroatoms. The van der Waals surface area contributed by atoms with Gasteiger partial charge in [0.2, 0.25) is 0 Å². The average molecular weight is 365 g/mol. The molecule has 0 atom stereocenters. The Morgan fingerprint density at radius 1 is 0.704 bits per heavy atom. The van der Waals surface area contributed by atoms with Gasteiger partial charge in [-0.3, -0.25) is 9.78 Å². The lowest BCUT2D eigenvalue weighted by atomic mass is 10.1. The van der Waals surface area contributed by atoms with E-state index in [1.54, 1.807) is 0 Å². The average Bonchev–Trinajstić information content (AvgIpc) is 2.72. The molecule has 0 N–H and O–H groups in total. The van der Waals surface area contributed by atoms with Gasteiger partial charge in [0.1, 0.15) is 17.1 Å². The molecule has 0 aliphatic heterocycles. The third-order valence-electron chi connectivity index (χ3n) is 3.17. The van der Waals surface area contributed by atoms with Gasteiger partial charge < -0.3 is 9.47 Å². The molecular formula is C23H27NO3. The molecular weight excluding hydrogens is 338 g/mol. The number of nitrogens with zero attached hydrogens (tertiary/aromatic N) is 1. The van der Waals surface area contributed by atoms with Crippen molar-refractivity contribution in [2.24, 2.45) is 0 Å². The fourth-order valence-corrected chi connectivity index (χ4v) is 2.16. The van der Waals surface area contributed by atoms with Crippen LogP contribution < -0.4 is 9.47 Å². The second kappa shape index (κ2) is 12.3. The van der Waals surface area contributed by atoms with E-state index in [1.807, 2.05) is 88.4 Å². The lowest BCUT2D eigenvalue weighted by molar-refractivity contribution is 0.101. The summed E-state index contributed by atoms with van der Waals surface area (Å²) in [6, 6.07) is 18.5. The number of carbonyl (C=O) groups excluding carboxylic acids is 1. The van der Waals surface area contributed by atoms with E-state index in [2.05, 4.69) is 4.98 Å². The number of benzene rings is 2. The summed E-state index contributed by atoms with van der Waals surface area (Å²) in [5, 5.41) is 0. The molecule has 0 amide bonds. The highest BCUT2D eigenvalue weighted by molar-refractivity contribution is 5.99. The van der Waals surface area contributed by atoms with Crippen LogP contribution in [0.3, 0.4) is 0 Å². The van der Waals surface area contributed by atoms with Crippen LogP contribution in [0, 0.1) is 0 Å². The number of hydrogen-bond acceptors (Lipinski definition) is 4. The molecule has 27 heavy (non-hydrogen) atoms. The summed E-state index contributed by atoms with van der Waals surface area (Å²) in [6.45, 7) is 9.48. The quantitative estimate of drug-likeness (QED) is 0.460. The highest BCUT2D eigenvalue weighted by atomic mass is 16.5. The van der Waals surface area contributed by atoms with Crippen molar-refractivity contribution in [3.05, 3.63) is 78.6 Å². The van der Waals surface area contributed by atoms with Gasteiger partial charge in [0.25, 0.3) is 0 Å². The number of Topliss-reactive ketones (excluding diaryl/α,β-unsaturated/α-hetero) is 1. The van der Waals surface area contributed by atoms with E-state index < -0.39 is 0 Å². The molecule has 0 unspecified atom stereocenters. The lowest BCUT2D eigenvalue weighted by Crippen LogP contribution is -2.02. The summed E-state index contributed by atoms with van der Waals surface area (Å²) in [4.78, 5) is 16.2. The van der Waals surface area contributed by atoms with Crippen LogP contribution in [0.5, 0.6) is 23.0 Å². The van der Waals surface area contributed by atoms with Crippen LogP contribution in [0.15, 0.2) is 73.1 Å². The van der Waals surface area contributed by atoms with E-state index in [9.17, 15) is 4.79 Å². The SMILES string of the molecule is CC.CC.CC(=O)c1c(Oc2ccccc2)cncc1Oc1ccccc1. The molecule has 0 aliphatic carbocycles. The predicted octanol–water partition coefficient (Wildman–Crippen LogP) is 6.92. The number of ether oxygens (including phenoxy) is 2. The summed E-state index contributed by atoms with van der Waals surface area (Å²) < 4.78 is 11.6. The van der Waals surface area contributed by atoms with E-state index in [0.717, 1.165) is 0 Å². The molecule has 142 valence electrons. The molecule has 2 aromatic carbocycles. The van der Waals surface area contributed by atoms with Gasteiger partial charge in [-0.2, -0.15) is 0 Å². The summed E-state index contributed by atoms with van der Waals surface area (Å²) in [6.07, 6.45) is 3.03. The molecule has 4 nitrogen and oxygen atoms in total. The van der Waals surface area contributed by atoms with Crippen molar-refractivity contribution in [3.8, 4) is 23.0 Å². The van der Waals surface area contributed by atoms with Gasteiger partial charge in [0.15, 0.2) is 17.3 Å². The number of ketones is 1. The summed E-state index contributed by atoms with van der Waals surface area (Å²) >= 11 is 0. The summed E-state index contributed by atoms with van der Waals surface area (Å²) in [5.41, 5.74) is 0.368. The largest absolute Gasteiger partial charge is 0.455 e. The van der Waals surface area contributed by atoms with Gasteiger partial charge in [-0.05, 0) is 31.2 Å². The minimum absolute atomic E-state index is 0.149. The van der Waals surface area contributed by atoms with Crippen molar-refractivity contribution in [2.45, 2.75) is 34.6 Å². The highest BCUT2D eigenvalue weighted by Gasteiger charge is 2.17. The number of pyridine rings is 1. The minimum Gasteiger partial charge on any atom is -0.455 e. The van der Waals surface area contributed by atoms with Crippen LogP contribution in [0.25, 0.3) is 0 Å². The lowest BCUT2D eigenvalue weighted by Gasteiger charge is -2.13. The molecule has 0 radical (unpaired) electrons. The number of hydrogen-bond donors (Lipinski definition) is 0. The standard InChI is InChI=1S/C19H15NO3.2C2H6/c1-14(21)19-17(22-15-8-4-2-5-9-15)12-20-13-18(19)23-16-10-6-3-7-11-16;2*1-2/h2-13H,1H3;2*1-2H3. The van der Waals surface area contributed by atoms with Crippen molar-refractivity contribution in [1.82, 2.24) is 4.98 Å². The van der Waals surface area contributed by atoms with Gasteiger partial charge in [-0.25, -0.2) is 0 Å². The molecule has 1 aromatic heterocycles. The molecule has 3 aromatic rings. The fraction of sp³-hybridized carbons (Fsp3) is 0.217. The Kier molecular flexibility index (Phi) is 9.94. The third-order valence-corrected chi connectivity index (χ3v) is 3.17. The Morgan fingerprint density at radius 3 is 1.41 bits per heavy atom. The molecule has 0 saturated carbocycles. The molecule has 3 rings (SSSR count). The Hall–Kier alpha value is -3.14. The molecule has 1 heterocycles. The Balaban J connectivity index is 0.000000855. The number of para-hydroxylation sites is 2. The van der Waals surface area contributed by atoms with Crippen LogP contribution in [-0.4, -0.2) is 10.8 Å². The Bertz CT molecular complexity index is 743. The summed E-state index contributed by atoms with van der Waals surface area (Å²) in [5.74, 6) is 1.86. The third kappa shape index (κ3) is 6.59. The first-order chi connectivity index (χ1) is 13.2. The molecule has 0 saturated heterocycles. The molecule has 0 fully saturated rings. The molecule has 0 bridgehead atoms. The highest BCUT2D eigenvalue weighted by Crippen LogP contribution is 2.33. The van der Waals surface area contributed by atoms with Crippen LogP contribution >= 0.6 is 0 Å². The maximum atomic E-state index is 12.1. The van der Waals surface area contributed by atoms with E-state index in [1.165, 1.54) is 19.3 Å². The first-order valence-electron chi connectivity index (χ1n) is 9.19. The molecule has 0 aliphatic rings. The van der Waals surface area contributed by atoms with Gasteiger partial charge in [-0.15, -0.1) is 0 Å². The van der Waals surface area contributed by atoms with E-state index in [0.29, 0.717) is 28.6 Å². The van der Waals surface area contributed by atoms with E-state index in [4.69, 9.17) is 9.47 Å². The van der Waals surface area contributed by atoms with Crippen LogP contribution in [0.2, 0.25) is 0 Å². The zero-order chi connectivity index (χ0) is 20.1. The topological polar surface area (TPSA) is 48.4 Å². The monoisotopic (exact) mass is 365 g/mol. The van der Waals surface area contributed by atoms with Crippen molar-refractivity contribution in [1.29, 1.82) is 0 Å². The second-order valence-electron chi connectivity index (χ2n) is 4.90. The van der Waals surface area contributed by atoms with Crippen LogP contribution in [-0.2, 0) is 0 Å². The number of rotatable bonds is 5. The van der Waals surface area contributed by atoms with Gasteiger partial charge in [-0.1, -0.05) is 64.1 Å². The van der Waals surface area contributed by atoms with Crippen molar-refractivity contribution >= 4 is 5.78 Å².